The normalized spacial score (nSPS) is 10.2. The number of aromatic nitrogens is 2. The summed E-state index contributed by atoms with van der Waals surface area (Å²) in [5.74, 6) is -2.28. The second kappa shape index (κ2) is 4.17. The Bertz CT molecular complexity index is 575. The van der Waals surface area contributed by atoms with E-state index in [1.807, 2.05) is 0 Å². The number of hydrogen-bond donors (Lipinski definition) is 1. The molecule has 17 heavy (non-hydrogen) atoms. The van der Waals surface area contributed by atoms with Gasteiger partial charge in [0.05, 0.1) is 0 Å². The van der Waals surface area contributed by atoms with Crippen LogP contribution < -0.4 is 5.73 Å². The number of halogens is 1. The molecule has 0 radical (unpaired) electrons. The number of hydrogen-bond acceptors (Lipinski definition) is 3. The van der Waals surface area contributed by atoms with Gasteiger partial charge in [-0.2, -0.15) is 0 Å². The molecule has 1 amide bonds. The second-order valence-electron chi connectivity index (χ2n) is 3.34. The summed E-state index contributed by atoms with van der Waals surface area (Å²) in [6.45, 7) is 0. The third kappa shape index (κ3) is 2.20. The third-order valence-corrected chi connectivity index (χ3v) is 2.16. The van der Waals surface area contributed by atoms with Crippen molar-refractivity contribution in [2.75, 3.05) is 0 Å². The maximum Gasteiger partial charge on any atom is 0.291 e. The SMILES string of the molecule is NC(=O)C(=O)c1cn(-c2ccc(F)cc2)cn1. The number of carbonyl (C=O) groups excluding carboxylic acids is 2. The van der Waals surface area contributed by atoms with E-state index in [0.29, 0.717) is 5.69 Å². The minimum Gasteiger partial charge on any atom is -0.363 e. The van der Waals surface area contributed by atoms with Gasteiger partial charge in [0.15, 0.2) is 0 Å². The van der Waals surface area contributed by atoms with Crippen molar-refractivity contribution in [2.24, 2.45) is 5.73 Å². The Kier molecular flexibility index (Phi) is 2.70. The molecule has 0 fully saturated rings. The van der Waals surface area contributed by atoms with Crippen molar-refractivity contribution in [1.29, 1.82) is 0 Å². The maximum absolute atomic E-state index is 12.7. The molecular formula is C11H8FN3O2. The van der Waals surface area contributed by atoms with Crippen molar-refractivity contribution in [3.05, 3.63) is 48.3 Å². The smallest absolute Gasteiger partial charge is 0.291 e. The zero-order valence-corrected chi connectivity index (χ0v) is 8.63. The number of imidazole rings is 1. The topological polar surface area (TPSA) is 78.0 Å². The van der Waals surface area contributed by atoms with Crippen LogP contribution in [0.4, 0.5) is 4.39 Å². The molecule has 86 valence electrons. The van der Waals surface area contributed by atoms with Crippen LogP contribution in [0.2, 0.25) is 0 Å². The van der Waals surface area contributed by atoms with Crippen molar-refractivity contribution < 1.29 is 14.0 Å². The van der Waals surface area contributed by atoms with Crippen molar-refractivity contribution in [1.82, 2.24) is 9.55 Å². The van der Waals surface area contributed by atoms with E-state index in [1.165, 1.54) is 41.4 Å². The van der Waals surface area contributed by atoms with Gasteiger partial charge in [-0.25, -0.2) is 9.37 Å². The quantitative estimate of drug-likeness (QED) is 0.625. The maximum atomic E-state index is 12.7. The highest BCUT2D eigenvalue weighted by Crippen LogP contribution is 2.10. The molecule has 0 unspecified atom stereocenters. The van der Waals surface area contributed by atoms with Crippen molar-refractivity contribution in [2.45, 2.75) is 0 Å². The molecule has 0 aliphatic heterocycles. The Morgan fingerprint density at radius 1 is 1.24 bits per heavy atom. The number of carbonyl (C=O) groups is 2. The summed E-state index contributed by atoms with van der Waals surface area (Å²) in [5, 5.41) is 0. The number of benzene rings is 1. The first-order valence-corrected chi connectivity index (χ1v) is 4.72. The van der Waals surface area contributed by atoms with Crippen LogP contribution in [-0.4, -0.2) is 21.2 Å². The fraction of sp³-hybridized carbons (Fsp3) is 0. The largest absolute Gasteiger partial charge is 0.363 e. The predicted molar refractivity (Wildman–Crippen MR) is 57.0 cm³/mol. The van der Waals surface area contributed by atoms with Crippen LogP contribution in [0.5, 0.6) is 0 Å². The summed E-state index contributed by atoms with van der Waals surface area (Å²) in [6.07, 6.45) is 2.71. The average molecular weight is 233 g/mol. The molecular weight excluding hydrogens is 225 g/mol. The molecule has 2 N–H and O–H groups in total. The molecule has 6 heteroatoms. The monoisotopic (exact) mass is 233 g/mol. The predicted octanol–water partition coefficient (Wildman–Crippen LogP) is 0.679. The first-order valence-electron chi connectivity index (χ1n) is 4.72. The van der Waals surface area contributed by atoms with Gasteiger partial charge in [0.25, 0.3) is 11.7 Å². The number of nitrogens with two attached hydrogens (primary N) is 1. The molecule has 5 nitrogen and oxygen atoms in total. The number of primary amides is 1. The Morgan fingerprint density at radius 2 is 1.88 bits per heavy atom. The molecule has 0 aliphatic rings. The molecule has 0 saturated heterocycles. The summed E-state index contributed by atoms with van der Waals surface area (Å²) >= 11 is 0. The minimum absolute atomic E-state index is 0.0400. The van der Waals surface area contributed by atoms with Crippen LogP contribution in [-0.2, 0) is 4.79 Å². The molecule has 0 bridgehead atoms. The molecule has 0 atom stereocenters. The van der Waals surface area contributed by atoms with Crippen molar-refractivity contribution in [3.8, 4) is 5.69 Å². The van der Waals surface area contributed by atoms with Crippen LogP contribution in [0, 0.1) is 5.82 Å². The van der Waals surface area contributed by atoms with Gasteiger partial charge in [-0.05, 0) is 24.3 Å². The Morgan fingerprint density at radius 3 is 2.47 bits per heavy atom. The first kappa shape index (κ1) is 11.0. The van der Waals surface area contributed by atoms with E-state index in [9.17, 15) is 14.0 Å². The molecule has 2 rings (SSSR count). The first-order chi connectivity index (χ1) is 8.08. The van der Waals surface area contributed by atoms with Crippen LogP contribution >= 0.6 is 0 Å². The fourth-order valence-corrected chi connectivity index (χ4v) is 1.32. The van der Waals surface area contributed by atoms with Gasteiger partial charge in [-0.1, -0.05) is 0 Å². The van der Waals surface area contributed by atoms with Gasteiger partial charge in [0, 0.05) is 11.9 Å². The molecule has 1 heterocycles. The number of nitrogens with zero attached hydrogens (tertiary/aromatic N) is 2. The Labute approximate surface area is 95.7 Å². The second-order valence-corrected chi connectivity index (χ2v) is 3.34. The lowest BCUT2D eigenvalue weighted by Crippen LogP contribution is -2.23. The number of amides is 1. The van der Waals surface area contributed by atoms with E-state index >= 15 is 0 Å². The van der Waals surface area contributed by atoms with Crippen LogP contribution in [0.25, 0.3) is 5.69 Å². The van der Waals surface area contributed by atoms with Gasteiger partial charge in [0.1, 0.15) is 17.8 Å². The Balaban J connectivity index is 2.33. The van der Waals surface area contributed by atoms with Gasteiger partial charge >= 0.3 is 0 Å². The van der Waals surface area contributed by atoms with Gasteiger partial charge < -0.3 is 10.3 Å². The molecule has 2 aromatic rings. The van der Waals surface area contributed by atoms with E-state index in [-0.39, 0.29) is 11.5 Å². The zero-order chi connectivity index (χ0) is 12.4. The molecule has 0 spiro atoms. The standard InChI is InChI=1S/C11H8FN3O2/c12-7-1-3-8(4-2-7)15-5-9(14-6-15)10(16)11(13)17/h1-6H,(H2,13,17). The summed E-state index contributed by atoms with van der Waals surface area (Å²) in [4.78, 5) is 25.7. The Hall–Kier alpha value is -2.50. The highest BCUT2D eigenvalue weighted by atomic mass is 19.1. The lowest BCUT2D eigenvalue weighted by atomic mass is 10.3. The molecule has 1 aromatic carbocycles. The zero-order valence-electron chi connectivity index (χ0n) is 8.63. The average Bonchev–Trinajstić information content (AvgIpc) is 2.78. The van der Waals surface area contributed by atoms with E-state index in [0.717, 1.165) is 0 Å². The van der Waals surface area contributed by atoms with Gasteiger partial charge in [-0.3, -0.25) is 9.59 Å². The molecule has 1 aromatic heterocycles. The highest BCUT2D eigenvalue weighted by molar-refractivity contribution is 6.41. The minimum atomic E-state index is -1.06. The van der Waals surface area contributed by atoms with Crippen molar-refractivity contribution in [3.63, 3.8) is 0 Å². The van der Waals surface area contributed by atoms with E-state index in [1.54, 1.807) is 0 Å². The summed E-state index contributed by atoms with van der Waals surface area (Å²) in [5.41, 5.74) is 5.44. The van der Waals surface area contributed by atoms with E-state index in [2.05, 4.69) is 4.98 Å². The fourth-order valence-electron chi connectivity index (χ4n) is 1.32. The lowest BCUT2D eigenvalue weighted by Gasteiger charge is -2.00. The van der Waals surface area contributed by atoms with E-state index in [4.69, 9.17) is 5.73 Å². The summed E-state index contributed by atoms with van der Waals surface area (Å²) in [7, 11) is 0. The van der Waals surface area contributed by atoms with Crippen molar-refractivity contribution >= 4 is 11.7 Å². The third-order valence-electron chi connectivity index (χ3n) is 2.16. The number of Topliss-reactive ketones (excluding diaryl/α,β-unsaturated/α-hetero) is 1. The van der Waals surface area contributed by atoms with Crippen LogP contribution in [0.15, 0.2) is 36.8 Å². The molecule has 0 saturated carbocycles. The van der Waals surface area contributed by atoms with Gasteiger partial charge in [0.2, 0.25) is 0 Å². The lowest BCUT2D eigenvalue weighted by molar-refractivity contribution is -0.114. The van der Waals surface area contributed by atoms with Gasteiger partial charge in [-0.15, -0.1) is 0 Å². The summed E-state index contributed by atoms with van der Waals surface area (Å²) < 4.78 is 14.2. The van der Waals surface area contributed by atoms with Crippen LogP contribution in [0.3, 0.4) is 0 Å². The number of ketones is 1. The summed E-state index contributed by atoms with van der Waals surface area (Å²) in [6, 6.07) is 5.61. The molecule has 0 aliphatic carbocycles. The number of rotatable bonds is 3. The van der Waals surface area contributed by atoms with E-state index < -0.39 is 11.7 Å². The highest BCUT2D eigenvalue weighted by Gasteiger charge is 2.15. The van der Waals surface area contributed by atoms with Crippen LogP contribution in [0.1, 0.15) is 10.5 Å².